The summed E-state index contributed by atoms with van der Waals surface area (Å²) in [4.78, 5) is 14.9. The molecule has 1 aliphatic heterocycles. The topological polar surface area (TPSA) is 83.4 Å². The number of anilines is 2. The fourth-order valence-electron chi connectivity index (χ4n) is 2.76. The second-order valence-corrected chi connectivity index (χ2v) is 5.50. The van der Waals surface area contributed by atoms with E-state index in [-0.39, 0.29) is 12.6 Å². The summed E-state index contributed by atoms with van der Waals surface area (Å²) in [5.41, 5.74) is 1.04. The summed E-state index contributed by atoms with van der Waals surface area (Å²) in [6.07, 6.45) is 5.41. The van der Waals surface area contributed by atoms with Crippen molar-refractivity contribution in [2.24, 2.45) is 0 Å². The number of aliphatic hydroxyl groups excluding tert-OH is 1. The Hall–Kier alpha value is -2.41. The van der Waals surface area contributed by atoms with Crippen LogP contribution in [0.3, 0.4) is 0 Å². The van der Waals surface area contributed by atoms with E-state index in [2.05, 4.69) is 25.2 Å². The van der Waals surface area contributed by atoms with Crippen molar-refractivity contribution >= 4 is 11.6 Å². The Morgan fingerprint density at radius 3 is 3.00 bits per heavy atom. The van der Waals surface area contributed by atoms with E-state index < -0.39 is 0 Å². The molecule has 0 bridgehead atoms. The lowest BCUT2D eigenvalue weighted by Crippen LogP contribution is -2.32. The van der Waals surface area contributed by atoms with Gasteiger partial charge in [-0.15, -0.1) is 0 Å². The Morgan fingerprint density at radius 1 is 1.35 bits per heavy atom. The highest BCUT2D eigenvalue weighted by Gasteiger charge is 2.25. The molecule has 0 saturated carbocycles. The van der Waals surface area contributed by atoms with Crippen LogP contribution in [0.15, 0.2) is 30.7 Å². The zero-order valence-corrected chi connectivity index (χ0v) is 13.1. The zero-order valence-electron chi connectivity index (χ0n) is 13.1. The van der Waals surface area contributed by atoms with Crippen LogP contribution < -0.4 is 15.0 Å². The molecule has 0 aromatic carbocycles. The molecule has 0 spiro atoms. The van der Waals surface area contributed by atoms with Crippen molar-refractivity contribution in [1.82, 2.24) is 15.0 Å². The quantitative estimate of drug-likeness (QED) is 0.835. The maximum atomic E-state index is 9.44. The van der Waals surface area contributed by atoms with Gasteiger partial charge in [0, 0.05) is 31.4 Å². The maximum Gasteiger partial charge on any atom is 0.212 e. The fraction of sp³-hybridized carbons (Fsp3) is 0.438. The van der Waals surface area contributed by atoms with Gasteiger partial charge in [0.05, 0.1) is 19.8 Å². The van der Waals surface area contributed by atoms with Gasteiger partial charge < -0.3 is 20.1 Å². The average molecular weight is 315 g/mol. The number of pyridine rings is 1. The summed E-state index contributed by atoms with van der Waals surface area (Å²) in [6.45, 7) is 1.70. The minimum atomic E-state index is 0.156. The second-order valence-electron chi connectivity index (χ2n) is 5.50. The second kappa shape index (κ2) is 7.23. The van der Waals surface area contributed by atoms with Crippen molar-refractivity contribution in [2.45, 2.75) is 25.4 Å². The van der Waals surface area contributed by atoms with E-state index in [0.29, 0.717) is 12.4 Å². The van der Waals surface area contributed by atoms with Crippen LogP contribution in [-0.4, -0.2) is 46.4 Å². The van der Waals surface area contributed by atoms with Gasteiger partial charge in [-0.2, -0.15) is 0 Å². The Morgan fingerprint density at radius 2 is 2.26 bits per heavy atom. The van der Waals surface area contributed by atoms with Crippen LogP contribution >= 0.6 is 0 Å². The number of hydrogen-bond acceptors (Lipinski definition) is 7. The average Bonchev–Trinajstić information content (AvgIpc) is 3.09. The van der Waals surface area contributed by atoms with E-state index in [0.717, 1.165) is 36.6 Å². The van der Waals surface area contributed by atoms with Crippen LogP contribution in [0.5, 0.6) is 5.88 Å². The van der Waals surface area contributed by atoms with Crippen molar-refractivity contribution in [1.29, 1.82) is 0 Å². The van der Waals surface area contributed by atoms with Crippen LogP contribution in [0.4, 0.5) is 11.6 Å². The van der Waals surface area contributed by atoms with E-state index in [1.54, 1.807) is 19.6 Å². The third kappa shape index (κ3) is 3.68. The molecular weight excluding hydrogens is 294 g/mol. The Balaban J connectivity index is 1.65. The summed E-state index contributed by atoms with van der Waals surface area (Å²) in [5.74, 6) is 2.21. The van der Waals surface area contributed by atoms with Crippen molar-refractivity contribution in [3.05, 3.63) is 36.3 Å². The largest absolute Gasteiger partial charge is 0.481 e. The monoisotopic (exact) mass is 315 g/mol. The Kier molecular flexibility index (Phi) is 4.87. The highest BCUT2D eigenvalue weighted by atomic mass is 16.5. The highest BCUT2D eigenvalue weighted by Crippen LogP contribution is 2.24. The van der Waals surface area contributed by atoms with Gasteiger partial charge in [0.2, 0.25) is 5.88 Å². The van der Waals surface area contributed by atoms with E-state index in [1.165, 1.54) is 0 Å². The summed E-state index contributed by atoms with van der Waals surface area (Å²) in [5, 5.41) is 12.7. The smallest absolute Gasteiger partial charge is 0.212 e. The van der Waals surface area contributed by atoms with Crippen LogP contribution in [0, 0.1) is 0 Å². The summed E-state index contributed by atoms with van der Waals surface area (Å²) < 4.78 is 5.05. The third-order valence-electron chi connectivity index (χ3n) is 4.02. The Bertz CT molecular complexity index is 635. The molecule has 1 saturated heterocycles. The molecule has 7 heteroatoms. The minimum Gasteiger partial charge on any atom is -0.481 e. The molecule has 3 heterocycles. The third-order valence-corrected chi connectivity index (χ3v) is 4.02. The van der Waals surface area contributed by atoms with Crippen molar-refractivity contribution in [3.63, 3.8) is 0 Å². The molecular formula is C16H21N5O2. The predicted octanol–water partition coefficient (Wildman–Crippen LogP) is 1.45. The molecule has 7 nitrogen and oxygen atoms in total. The van der Waals surface area contributed by atoms with Gasteiger partial charge in [-0.3, -0.25) is 0 Å². The van der Waals surface area contributed by atoms with Gasteiger partial charge in [0.15, 0.2) is 0 Å². The van der Waals surface area contributed by atoms with Gasteiger partial charge in [-0.05, 0) is 18.4 Å². The first-order valence-corrected chi connectivity index (χ1v) is 7.72. The van der Waals surface area contributed by atoms with Crippen LogP contribution in [0.2, 0.25) is 0 Å². The minimum absolute atomic E-state index is 0.156. The first kappa shape index (κ1) is 15.5. The molecule has 3 rings (SSSR count). The zero-order chi connectivity index (χ0) is 16.1. The number of ether oxygens (including phenoxy) is 1. The molecule has 2 aromatic heterocycles. The number of methoxy groups -OCH3 is 1. The number of aliphatic hydroxyl groups is 1. The standard InChI is InChI=1S/C16H21N5O2/c1-23-16-5-4-12(9-18-16)8-17-14-7-15(20-11-19-14)21-6-2-3-13(21)10-22/h4-5,7,9,11,13,22H,2-3,6,8,10H2,1H3,(H,17,19,20)/t13-/m0/s1. The first-order valence-electron chi connectivity index (χ1n) is 7.72. The molecule has 0 unspecified atom stereocenters. The number of nitrogens with one attached hydrogen (secondary N) is 1. The van der Waals surface area contributed by atoms with Gasteiger partial charge in [0.25, 0.3) is 0 Å². The van der Waals surface area contributed by atoms with Crippen LogP contribution in [0.25, 0.3) is 0 Å². The molecule has 0 amide bonds. The van der Waals surface area contributed by atoms with E-state index >= 15 is 0 Å². The summed E-state index contributed by atoms with van der Waals surface area (Å²) in [7, 11) is 1.60. The number of nitrogens with zero attached hydrogens (tertiary/aromatic N) is 4. The number of aromatic nitrogens is 3. The molecule has 0 aliphatic carbocycles. The SMILES string of the molecule is COc1ccc(CNc2cc(N3CCC[C@H]3CO)ncn2)cn1. The molecule has 1 aliphatic rings. The first-order chi connectivity index (χ1) is 11.3. The molecule has 0 radical (unpaired) electrons. The molecule has 1 atom stereocenters. The van der Waals surface area contributed by atoms with Gasteiger partial charge in [0.1, 0.15) is 18.0 Å². The van der Waals surface area contributed by atoms with Gasteiger partial charge in [-0.1, -0.05) is 6.07 Å². The molecule has 122 valence electrons. The van der Waals surface area contributed by atoms with Gasteiger partial charge in [-0.25, -0.2) is 15.0 Å². The van der Waals surface area contributed by atoms with Crippen molar-refractivity contribution in [3.8, 4) is 5.88 Å². The fourth-order valence-corrected chi connectivity index (χ4v) is 2.76. The molecule has 1 fully saturated rings. The lowest BCUT2D eigenvalue weighted by molar-refractivity contribution is 0.266. The predicted molar refractivity (Wildman–Crippen MR) is 87.6 cm³/mol. The molecule has 2 aromatic rings. The van der Waals surface area contributed by atoms with E-state index in [9.17, 15) is 5.11 Å². The number of hydrogen-bond donors (Lipinski definition) is 2. The van der Waals surface area contributed by atoms with Crippen molar-refractivity contribution in [2.75, 3.05) is 30.5 Å². The van der Waals surface area contributed by atoms with E-state index in [1.807, 2.05) is 18.2 Å². The van der Waals surface area contributed by atoms with Crippen LogP contribution in [0.1, 0.15) is 18.4 Å². The highest BCUT2D eigenvalue weighted by molar-refractivity contribution is 5.50. The molecule has 2 N–H and O–H groups in total. The Labute approximate surface area is 135 Å². The van der Waals surface area contributed by atoms with Crippen LogP contribution in [-0.2, 0) is 6.54 Å². The van der Waals surface area contributed by atoms with E-state index in [4.69, 9.17) is 4.74 Å². The molecule has 23 heavy (non-hydrogen) atoms. The lowest BCUT2D eigenvalue weighted by atomic mass is 10.2. The summed E-state index contributed by atoms with van der Waals surface area (Å²) >= 11 is 0. The maximum absolute atomic E-state index is 9.44. The van der Waals surface area contributed by atoms with Gasteiger partial charge >= 0.3 is 0 Å². The number of rotatable bonds is 6. The summed E-state index contributed by atoms with van der Waals surface area (Å²) in [6, 6.07) is 5.87. The van der Waals surface area contributed by atoms with Crippen molar-refractivity contribution < 1.29 is 9.84 Å². The lowest BCUT2D eigenvalue weighted by Gasteiger charge is -2.24. The normalized spacial score (nSPS) is 17.3.